The van der Waals surface area contributed by atoms with Crippen LogP contribution in [0.25, 0.3) is 0 Å². The molecule has 0 fully saturated rings. The van der Waals surface area contributed by atoms with Gasteiger partial charge in [0, 0.05) is 25.5 Å². The van der Waals surface area contributed by atoms with Gasteiger partial charge in [0.2, 0.25) is 10.0 Å². The van der Waals surface area contributed by atoms with Crippen LogP contribution in [0.15, 0.2) is 53.7 Å². The molecular formula is C14H17N3O2S. The van der Waals surface area contributed by atoms with Crippen molar-refractivity contribution in [3.05, 3.63) is 54.4 Å². The highest BCUT2D eigenvalue weighted by Gasteiger charge is 2.16. The lowest BCUT2D eigenvalue weighted by molar-refractivity contribution is 0.584. The minimum absolute atomic E-state index is 0.255. The molecule has 2 N–H and O–H groups in total. The number of nitrogens with one attached hydrogen (secondary N) is 2. The molecule has 0 atom stereocenters. The number of benzene rings is 1. The Labute approximate surface area is 119 Å². The summed E-state index contributed by atoms with van der Waals surface area (Å²) in [7, 11) is -3.47. The van der Waals surface area contributed by atoms with Gasteiger partial charge in [0.05, 0.1) is 5.69 Å². The van der Waals surface area contributed by atoms with Crippen molar-refractivity contribution in [2.24, 2.45) is 0 Å². The smallest absolute Gasteiger partial charge is 0.242 e. The minimum atomic E-state index is -3.47. The zero-order chi connectivity index (χ0) is 14.4. The van der Waals surface area contributed by atoms with Gasteiger partial charge in [0.1, 0.15) is 4.90 Å². The monoisotopic (exact) mass is 291 g/mol. The number of hydrogen-bond donors (Lipinski definition) is 2. The number of nitrogens with zero attached hydrogens (tertiary/aromatic N) is 1. The van der Waals surface area contributed by atoms with E-state index in [1.165, 1.54) is 0 Å². The molecule has 1 heterocycles. The number of rotatable bonds is 6. The molecule has 106 valence electrons. The number of para-hydroxylation sites is 1. The number of sulfonamides is 1. The Kier molecular flexibility index (Phi) is 4.70. The van der Waals surface area contributed by atoms with Gasteiger partial charge in [0.15, 0.2) is 0 Å². The van der Waals surface area contributed by atoms with Crippen LogP contribution in [0.5, 0.6) is 0 Å². The maximum atomic E-state index is 12.1. The van der Waals surface area contributed by atoms with Gasteiger partial charge < -0.3 is 5.32 Å². The lowest BCUT2D eigenvalue weighted by Crippen LogP contribution is -2.24. The van der Waals surface area contributed by atoms with Crippen LogP contribution in [-0.2, 0) is 16.6 Å². The van der Waals surface area contributed by atoms with Crippen LogP contribution in [0, 0.1) is 0 Å². The van der Waals surface area contributed by atoms with E-state index in [-0.39, 0.29) is 4.90 Å². The Bertz CT molecular complexity index is 657. The fourth-order valence-electron chi connectivity index (χ4n) is 1.81. The predicted molar refractivity (Wildman–Crippen MR) is 78.9 cm³/mol. The first kappa shape index (κ1) is 14.5. The van der Waals surface area contributed by atoms with E-state index < -0.39 is 10.0 Å². The van der Waals surface area contributed by atoms with Gasteiger partial charge in [-0.15, -0.1) is 0 Å². The summed E-state index contributed by atoms with van der Waals surface area (Å²) in [6, 6.07) is 10.6. The molecule has 0 bridgehead atoms. The van der Waals surface area contributed by atoms with E-state index in [0.29, 0.717) is 18.8 Å². The van der Waals surface area contributed by atoms with E-state index in [1.807, 2.05) is 12.1 Å². The lowest BCUT2D eigenvalue weighted by atomic mass is 10.2. The third-order valence-corrected chi connectivity index (χ3v) is 4.32. The van der Waals surface area contributed by atoms with Crippen LogP contribution in [0.2, 0.25) is 0 Å². The molecule has 2 aromatic rings. The molecule has 20 heavy (non-hydrogen) atoms. The number of hydrogen-bond acceptors (Lipinski definition) is 4. The first-order chi connectivity index (χ1) is 9.63. The Balaban J connectivity index is 2.21. The van der Waals surface area contributed by atoms with Crippen molar-refractivity contribution in [3.63, 3.8) is 0 Å². The summed E-state index contributed by atoms with van der Waals surface area (Å²) in [5, 5.41) is 3.13. The van der Waals surface area contributed by atoms with Crippen molar-refractivity contribution >= 4 is 15.7 Å². The summed E-state index contributed by atoms with van der Waals surface area (Å²) in [4.78, 5) is 4.28. The molecule has 1 aromatic heterocycles. The molecule has 0 aliphatic heterocycles. The fourth-order valence-corrected chi connectivity index (χ4v) is 3.04. The Morgan fingerprint density at radius 3 is 2.65 bits per heavy atom. The molecular weight excluding hydrogens is 274 g/mol. The van der Waals surface area contributed by atoms with E-state index >= 15 is 0 Å². The van der Waals surface area contributed by atoms with Crippen molar-refractivity contribution in [1.29, 1.82) is 0 Å². The molecule has 5 nitrogen and oxygen atoms in total. The highest BCUT2D eigenvalue weighted by molar-refractivity contribution is 7.89. The summed E-state index contributed by atoms with van der Waals surface area (Å²) < 4.78 is 26.7. The molecule has 6 heteroatoms. The van der Waals surface area contributed by atoms with Gasteiger partial charge in [-0.25, -0.2) is 13.1 Å². The van der Waals surface area contributed by atoms with E-state index in [0.717, 1.165) is 5.56 Å². The minimum Gasteiger partial charge on any atom is -0.380 e. The third-order valence-electron chi connectivity index (χ3n) is 2.72. The maximum absolute atomic E-state index is 12.1. The molecule has 1 aromatic carbocycles. The Morgan fingerprint density at radius 2 is 1.95 bits per heavy atom. The summed E-state index contributed by atoms with van der Waals surface area (Å²) >= 11 is 0. The molecule has 0 unspecified atom stereocenters. The van der Waals surface area contributed by atoms with Crippen molar-refractivity contribution in [2.75, 3.05) is 11.9 Å². The van der Waals surface area contributed by atoms with Gasteiger partial charge in [-0.1, -0.05) is 25.1 Å². The number of anilines is 1. The second kappa shape index (κ2) is 6.49. The van der Waals surface area contributed by atoms with Crippen LogP contribution in [0.3, 0.4) is 0 Å². The maximum Gasteiger partial charge on any atom is 0.242 e. The van der Waals surface area contributed by atoms with Crippen LogP contribution in [0.1, 0.15) is 12.5 Å². The zero-order valence-corrected chi connectivity index (χ0v) is 12.0. The highest BCUT2D eigenvalue weighted by Crippen LogP contribution is 2.21. The second-order valence-electron chi connectivity index (χ2n) is 4.21. The van der Waals surface area contributed by atoms with Gasteiger partial charge in [-0.3, -0.25) is 4.98 Å². The molecule has 0 radical (unpaired) electrons. The van der Waals surface area contributed by atoms with E-state index in [4.69, 9.17) is 0 Å². The highest BCUT2D eigenvalue weighted by atomic mass is 32.2. The first-order valence-corrected chi connectivity index (χ1v) is 7.83. The van der Waals surface area contributed by atoms with Crippen molar-refractivity contribution < 1.29 is 8.42 Å². The Morgan fingerprint density at radius 1 is 1.15 bits per heavy atom. The fraction of sp³-hybridized carbons (Fsp3) is 0.214. The SMILES string of the molecule is CCNS(=O)(=O)c1ccccc1NCc1cccnc1. The lowest BCUT2D eigenvalue weighted by Gasteiger charge is -2.12. The van der Waals surface area contributed by atoms with Crippen LogP contribution in [0.4, 0.5) is 5.69 Å². The van der Waals surface area contributed by atoms with Crippen LogP contribution >= 0.6 is 0 Å². The molecule has 2 rings (SSSR count). The van der Waals surface area contributed by atoms with Gasteiger partial charge in [-0.2, -0.15) is 0 Å². The molecule has 0 spiro atoms. The molecule has 0 aliphatic rings. The normalized spacial score (nSPS) is 11.2. The first-order valence-electron chi connectivity index (χ1n) is 6.35. The van der Waals surface area contributed by atoms with Gasteiger partial charge in [-0.05, 0) is 23.8 Å². The van der Waals surface area contributed by atoms with E-state index in [9.17, 15) is 8.42 Å². The zero-order valence-electron chi connectivity index (χ0n) is 11.2. The topological polar surface area (TPSA) is 71.1 Å². The molecule has 0 aliphatic carbocycles. The number of aromatic nitrogens is 1. The quantitative estimate of drug-likeness (QED) is 0.854. The molecule has 0 amide bonds. The third kappa shape index (κ3) is 3.55. The molecule has 0 saturated heterocycles. The van der Waals surface area contributed by atoms with Crippen molar-refractivity contribution in [1.82, 2.24) is 9.71 Å². The summed E-state index contributed by atoms with van der Waals surface area (Å²) in [6.45, 7) is 2.63. The summed E-state index contributed by atoms with van der Waals surface area (Å²) in [6.07, 6.45) is 3.45. The van der Waals surface area contributed by atoms with Gasteiger partial charge in [0.25, 0.3) is 0 Å². The van der Waals surface area contributed by atoms with Gasteiger partial charge >= 0.3 is 0 Å². The van der Waals surface area contributed by atoms with Crippen molar-refractivity contribution in [2.45, 2.75) is 18.4 Å². The van der Waals surface area contributed by atoms with Crippen LogP contribution in [-0.4, -0.2) is 19.9 Å². The molecule has 0 saturated carbocycles. The summed E-state index contributed by atoms with van der Waals surface area (Å²) in [5.74, 6) is 0. The van der Waals surface area contributed by atoms with E-state index in [2.05, 4.69) is 15.0 Å². The Hall–Kier alpha value is -1.92. The average molecular weight is 291 g/mol. The van der Waals surface area contributed by atoms with Crippen LogP contribution < -0.4 is 10.0 Å². The number of pyridine rings is 1. The van der Waals surface area contributed by atoms with Crippen molar-refractivity contribution in [3.8, 4) is 0 Å². The average Bonchev–Trinajstić information content (AvgIpc) is 2.46. The largest absolute Gasteiger partial charge is 0.380 e. The second-order valence-corrected chi connectivity index (χ2v) is 5.95. The standard InChI is InChI=1S/C14H17N3O2S/c1-2-17-20(18,19)14-8-4-3-7-13(14)16-11-12-6-5-9-15-10-12/h3-10,16-17H,2,11H2,1H3. The summed E-state index contributed by atoms with van der Waals surface area (Å²) in [5.41, 5.74) is 1.57. The predicted octanol–water partition coefficient (Wildman–Crippen LogP) is 1.99. The van der Waals surface area contributed by atoms with E-state index in [1.54, 1.807) is 43.6 Å².